The fraction of sp³-hybridized carbons (Fsp3) is 0.250. The summed E-state index contributed by atoms with van der Waals surface area (Å²) in [5.41, 5.74) is 4.52. The molecule has 1 aromatic heterocycles. The Bertz CT molecular complexity index is 856. The molecule has 0 saturated carbocycles. The molecule has 1 aliphatic carbocycles. The number of amides is 1. The fourth-order valence-electron chi connectivity index (χ4n) is 3.45. The van der Waals surface area contributed by atoms with Crippen molar-refractivity contribution < 1.29 is 4.79 Å². The highest BCUT2D eigenvalue weighted by Crippen LogP contribution is 2.31. The molecule has 1 aliphatic rings. The minimum Gasteiger partial charge on any atom is -0.351 e. The third-order valence-corrected chi connectivity index (χ3v) is 4.77. The Labute approximate surface area is 146 Å². The minimum absolute atomic E-state index is 0.0284. The van der Waals surface area contributed by atoms with Crippen LogP contribution in [-0.4, -0.2) is 20.7 Å². The van der Waals surface area contributed by atoms with Gasteiger partial charge in [-0.2, -0.15) is 5.10 Å². The molecule has 1 amide bonds. The van der Waals surface area contributed by atoms with E-state index in [2.05, 4.69) is 33.6 Å². The van der Waals surface area contributed by atoms with Crippen LogP contribution in [-0.2, 0) is 17.8 Å². The lowest BCUT2D eigenvalue weighted by atomic mass is 9.82. The number of carbonyl (C=O) groups excluding carboxylic acids is 1. The molecule has 1 N–H and O–H groups in total. The molecule has 0 saturated heterocycles. The standard InChI is InChI=1S/C20H20N4O/c25-20(19-7-3-5-16-4-1-2-6-18(16)19)22-12-15-8-10-17(11-9-15)24-14-21-13-23-24/h1-2,4,6,8-11,13-14,19H,3,5,7,12H2,(H,22,25). The third-order valence-electron chi connectivity index (χ3n) is 4.77. The van der Waals surface area contributed by atoms with Gasteiger partial charge in [-0.05, 0) is 48.1 Å². The number of aryl methyl sites for hydroxylation is 1. The molecule has 25 heavy (non-hydrogen) atoms. The molecule has 0 fully saturated rings. The van der Waals surface area contributed by atoms with E-state index in [0.717, 1.165) is 30.5 Å². The average molecular weight is 332 g/mol. The normalized spacial score (nSPS) is 16.2. The lowest BCUT2D eigenvalue weighted by Crippen LogP contribution is -2.31. The molecule has 126 valence electrons. The third kappa shape index (κ3) is 3.31. The van der Waals surface area contributed by atoms with Gasteiger partial charge in [-0.25, -0.2) is 9.67 Å². The van der Waals surface area contributed by atoms with Crippen molar-refractivity contribution in [2.45, 2.75) is 31.7 Å². The van der Waals surface area contributed by atoms with E-state index in [1.54, 1.807) is 11.0 Å². The van der Waals surface area contributed by atoms with Crippen LogP contribution < -0.4 is 5.32 Å². The number of rotatable bonds is 4. The molecule has 0 radical (unpaired) electrons. The first-order valence-corrected chi connectivity index (χ1v) is 8.61. The zero-order valence-electron chi connectivity index (χ0n) is 13.9. The number of nitrogens with zero attached hydrogens (tertiary/aromatic N) is 3. The van der Waals surface area contributed by atoms with Gasteiger partial charge in [0.1, 0.15) is 12.7 Å². The Balaban J connectivity index is 1.41. The summed E-state index contributed by atoms with van der Waals surface area (Å²) >= 11 is 0. The molecule has 3 aromatic rings. The SMILES string of the molecule is O=C(NCc1ccc(-n2cncn2)cc1)C1CCCc2ccccc21. The van der Waals surface area contributed by atoms with E-state index in [1.165, 1.54) is 17.5 Å². The van der Waals surface area contributed by atoms with Crippen molar-refractivity contribution in [1.82, 2.24) is 20.1 Å². The van der Waals surface area contributed by atoms with Crippen LogP contribution in [0.2, 0.25) is 0 Å². The zero-order valence-corrected chi connectivity index (χ0v) is 13.9. The Morgan fingerprint density at radius 2 is 2.00 bits per heavy atom. The lowest BCUT2D eigenvalue weighted by molar-refractivity contribution is -0.123. The molecule has 0 aliphatic heterocycles. The van der Waals surface area contributed by atoms with E-state index >= 15 is 0 Å². The summed E-state index contributed by atoms with van der Waals surface area (Å²) in [7, 11) is 0. The lowest BCUT2D eigenvalue weighted by Gasteiger charge is -2.24. The molecular weight excluding hydrogens is 312 g/mol. The number of carbonyl (C=O) groups is 1. The van der Waals surface area contributed by atoms with Gasteiger partial charge < -0.3 is 5.32 Å². The number of hydrogen-bond acceptors (Lipinski definition) is 3. The van der Waals surface area contributed by atoms with Crippen molar-refractivity contribution in [3.8, 4) is 5.69 Å². The molecule has 2 aromatic carbocycles. The van der Waals surface area contributed by atoms with Crippen LogP contribution in [0.15, 0.2) is 61.2 Å². The van der Waals surface area contributed by atoms with Crippen LogP contribution in [0.5, 0.6) is 0 Å². The molecule has 0 bridgehead atoms. The minimum atomic E-state index is -0.0284. The molecule has 1 atom stereocenters. The molecular formula is C20H20N4O. The monoisotopic (exact) mass is 332 g/mol. The summed E-state index contributed by atoms with van der Waals surface area (Å²) in [6.45, 7) is 0.537. The van der Waals surface area contributed by atoms with Gasteiger partial charge in [-0.15, -0.1) is 0 Å². The average Bonchev–Trinajstić information content (AvgIpc) is 3.21. The van der Waals surface area contributed by atoms with Crippen molar-refractivity contribution in [1.29, 1.82) is 0 Å². The van der Waals surface area contributed by atoms with Gasteiger partial charge in [-0.1, -0.05) is 36.4 Å². The van der Waals surface area contributed by atoms with Gasteiger partial charge in [0.15, 0.2) is 0 Å². The topological polar surface area (TPSA) is 59.8 Å². The highest BCUT2D eigenvalue weighted by Gasteiger charge is 2.25. The van der Waals surface area contributed by atoms with Gasteiger partial charge in [0.2, 0.25) is 5.91 Å². The van der Waals surface area contributed by atoms with Crippen molar-refractivity contribution >= 4 is 5.91 Å². The van der Waals surface area contributed by atoms with Crippen LogP contribution in [0.3, 0.4) is 0 Å². The molecule has 5 nitrogen and oxygen atoms in total. The maximum Gasteiger partial charge on any atom is 0.227 e. The summed E-state index contributed by atoms with van der Waals surface area (Å²) in [6, 6.07) is 16.3. The Morgan fingerprint density at radius 1 is 1.16 bits per heavy atom. The van der Waals surface area contributed by atoms with E-state index < -0.39 is 0 Å². The second-order valence-corrected chi connectivity index (χ2v) is 6.37. The van der Waals surface area contributed by atoms with Gasteiger partial charge in [0.25, 0.3) is 0 Å². The molecule has 5 heteroatoms. The molecule has 1 unspecified atom stereocenters. The van der Waals surface area contributed by atoms with Gasteiger partial charge >= 0.3 is 0 Å². The van der Waals surface area contributed by atoms with E-state index in [0.29, 0.717) is 6.54 Å². The predicted octanol–water partition coefficient (Wildman–Crippen LogP) is 3.00. The summed E-state index contributed by atoms with van der Waals surface area (Å²) in [6.07, 6.45) is 6.24. The van der Waals surface area contributed by atoms with Gasteiger partial charge in [0, 0.05) is 6.54 Å². The van der Waals surface area contributed by atoms with Crippen molar-refractivity contribution in [3.05, 3.63) is 77.9 Å². The van der Waals surface area contributed by atoms with E-state index in [4.69, 9.17) is 0 Å². The number of fused-ring (bicyclic) bond motifs is 1. The van der Waals surface area contributed by atoms with Crippen LogP contribution in [0, 0.1) is 0 Å². The number of aromatic nitrogens is 3. The predicted molar refractivity (Wildman–Crippen MR) is 95.3 cm³/mol. The number of nitrogens with one attached hydrogen (secondary N) is 1. The summed E-state index contributed by atoms with van der Waals surface area (Å²) in [5.74, 6) is 0.0897. The highest BCUT2D eigenvalue weighted by molar-refractivity contribution is 5.84. The summed E-state index contributed by atoms with van der Waals surface area (Å²) < 4.78 is 1.71. The zero-order chi connectivity index (χ0) is 17.1. The number of benzene rings is 2. The van der Waals surface area contributed by atoms with Crippen LogP contribution in [0.4, 0.5) is 0 Å². The first-order chi connectivity index (χ1) is 12.3. The summed E-state index contributed by atoms with van der Waals surface area (Å²) in [4.78, 5) is 16.6. The summed E-state index contributed by atoms with van der Waals surface area (Å²) in [5, 5.41) is 7.20. The molecule has 1 heterocycles. The van der Waals surface area contributed by atoms with Crippen LogP contribution >= 0.6 is 0 Å². The first kappa shape index (κ1) is 15.6. The van der Waals surface area contributed by atoms with Crippen molar-refractivity contribution in [3.63, 3.8) is 0 Å². The second-order valence-electron chi connectivity index (χ2n) is 6.37. The van der Waals surface area contributed by atoms with Crippen LogP contribution in [0.1, 0.15) is 35.4 Å². The quantitative estimate of drug-likeness (QED) is 0.799. The van der Waals surface area contributed by atoms with E-state index in [1.807, 2.05) is 30.3 Å². The first-order valence-electron chi connectivity index (χ1n) is 8.61. The molecule has 4 rings (SSSR count). The van der Waals surface area contributed by atoms with Gasteiger partial charge in [-0.3, -0.25) is 4.79 Å². The maximum atomic E-state index is 12.7. The maximum absolute atomic E-state index is 12.7. The Hall–Kier alpha value is -2.95. The van der Waals surface area contributed by atoms with Crippen LogP contribution in [0.25, 0.3) is 5.69 Å². The second kappa shape index (κ2) is 6.89. The van der Waals surface area contributed by atoms with Gasteiger partial charge in [0.05, 0.1) is 11.6 Å². The fourth-order valence-corrected chi connectivity index (χ4v) is 3.45. The van der Waals surface area contributed by atoms with Crippen molar-refractivity contribution in [2.24, 2.45) is 0 Å². The van der Waals surface area contributed by atoms with E-state index in [9.17, 15) is 4.79 Å². The highest BCUT2D eigenvalue weighted by atomic mass is 16.1. The molecule has 0 spiro atoms. The number of hydrogen-bond donors (Lipinski definition) is 1. The van der Waals surface area contributed by atoms with Crippen molar-refractivity contribution in [2.75, 3.05) is 0 Å². The Morgan fingerprint density at radius 3 is 2.80 bits per heavy atom. The Kier molecular flexibility index (Phi) is 4.29. The smallest absolute Gasteiger partial charge is 0.227 e. The van der Waals surface area contributed by atoms with E-state index in [-0.39, 0.29) is 11.8 Å². The largest absolute Gasteiger partial charge is 0.351 e.